The van der Waals surface area contributed by atoms with Gasteiger partial charge < -0.3 is 19.7 Å². The Morgan fingerprint density at radius 2 is 1.97 bits per heavy atom. The molecule has 2 fully saturated rings. The normalized spacial score (nSPS) is 18.1. The molecule has 1 saturated heterocycles. The number of aromatic nitrogens is 4. The van der Waals surface area contributed by atoms with E-state index in [9.17, 15) is 0 Å². The lowest BCUT2D eigenvalue weighted by molar-refractivity contribution is 0.371. The van der Waals surface area contributed by atoms with Gasteiger partial charge in [-0.05, 0) is 37.7 Å². The van der Waals surface area contributed by atoms with Gasteiger partial charge in [0.25, 0.3) is 0 Å². The van der Waals surface area contributed by atoms with Gasteiger partial charge in [0.2, 0.25) is 0 Å². The quantitative estimate of drug-likeness (QED) is 0.306. The van der Waals surface area contributed by atoms with Gasteiger partial charge in [0.05, 0.1) is 0 Å². The SMILES string of the molecule is CN=C(NCCCc1nnc(SC)n1C1CCCC1)N1CCN(c2ccccn2)CC1. The fourth-order valence-electron chi connectivity index (χ4n) is 4.61. The van der Waals surface area contributed by atoms with Crippen LogP contribution in [-0.2, 0) is 6.42 Å². The zero-order valence-corrected chi connectivity index (χ0v) is 19.5. The highest BCUT2D eigenvalue weighted by Gasteiger charge is 2.24. The number of nitrogens with zero attached hydrogens (tertiary/aromatic N) is 7. The molecular formula is C22H34N8S. The van der Waals surface area contributed by atoms with Crippen LogP contribution in [0.3, 0.4) is 0 Å². The fraction of sp³-hybridized carbons (Fsp3) is 0.636. The first-order valence-electron chi connectivity index (χ1n) is 11.4. The Hall–Kier alpha value is -2.29. The van der Waals surface area contributed by atoms with Crippen LogP contribution >= 0.6 is 11.8 Å². The average molecular weight is 443 g/mol. The Bertz CT molecular complexity index is 838. The van der Waals surface area contributed by atoms with Gasteiger partial charge in [0.1, 0.15) is 11.6 Å². The van der Waals surface area contributed by atoms with Crippen LogP contribution in [0.25, 0.3) is 0 Å². The fourth-order valence-corrected chi connectivity index (χ4v) is 5.19. The molecule has 31 heavy (non-hydrogen) atoms. The van der Waals surface area contributed by atoms with Crippen molar-refractivity contribution in [3.8, 4) is 0 Å². The number of hydrogen-bond donors (Lipinski definition) is 1. The summed E-state index contributed by atoms with van der Waals surface area (Å²) in [5.74, 6) is 3.18. The van der Waals surface area contributed by atoms with Gasteiger partial charge >= 0.3 is 0 Å². The monoisotopic (exact) mass is 442 g/mol. The number of anilines is 1. The molecule has 3 heterocycles. The van der Waals surface area contributed by atoms with Crippen molar-refractivity contribution in [3.05, 3.63) is 30.2 Å². The molecule has 1 saturated carbocycles. The van der Waals surface area contributed by atoms with Gasteiger partial charge in [-0.2, -0.15) is 0 Å². The number of guanidine groups is 1. The number of pyridine rings is 1. The molecule has 8 nitrogen and oxygen atoms in total. The van der Waals surface area contributed by atoms with Gasteiger partial charge in [0.15, 0.2) is 11.1 Å². The summed E-state index contributed by atoms with van der Waals surface area (Å²) in [5, 5.41) is 13.6. The van der Waals surface area contributed by atoms with E-state index in [0.29, 0.717) is 6.04 Å². The van der Waals surface area contributed by atoms with E-state index in [4.69, 9.17) is 0 Å². The highest BCUT2D eigenvalue weighted by Crippen LogP contribution is 2.33. The lowest BCUT2D eigenvalue weighted by Gasteiger charge is -2.37. The van der Waals surface area contributed by atoms with Gasteiger partial charge in [-0.3, -0.25) is 4.99 Å². The van der Waals surface area contributed by atoms with Crippen molar-refractivity contribution in [3.63, 3.8) is 0 Å². The minimum Gasteiger partial charge on any atom is -0.356 e. The average Bonchev–Trinajstić information content (AvgIpc) is 3.49. The molecule has 0 radical (unpaired) electrons. The molecule has 1 aliphatic heterocycles. The third-order valence-electron chi connectivity index (χ3n) is 6.23. The summed E-state index contributed by atoms with van der Waals surface area (Å²) in [6.45, 7) is 4.70. The van der Waals surface area contributed by atoms with Crippen LogP contribution in [0.5, 0.6) is 0 Å². The second kappa shape index (κ2) is 10.8. The minimum absolute atomic E-state index is 0.587. The number of nitrogens with one attached hydrogen (secondary N) is 1. The summed E-state index contributed by atoms with van der Waals surface area (Å²) >= 11 is 1.71. The number of rotatable bonds is 7. The molecule has 9 heteroatoms. The molecule has 4 rings (SSSR count). The Balaban J connectivity index is 1.25. The van der Waals surface area contributed by atoms with Crippen molar-refractivity contribution in [1.29, 1.82) is 0 Å². The van der Waals surface area contributed by atoms with Crippen LogP contribution in [0.15, 0.2) is 34.5 Å². The first-order chi connectivity index (χ1) is 15.3. The summed E-state index contributed by atoms with van der Waals surface area (Å²) < 4.78 is 2.41. The molecule has 0 unspecified atom stereocenters. The van der Waals surface area contributed by atoms with Gasteiger partial charge in [0, 0.05) is 58.4 Å². The molecule has 0 amide bonds. The number of hydrogen-bond acceptors (Lipinski definition) is 6. The lowest BCUT2D eigenvalue weighted by atomic mass is 10.2. The van der Waals surface area contributed by atoms with Crippen LogP contribution in [0.1, 0.15) is 44.0 Å². The van der Waals surface area contributed by atoms with Crippen molar-refractivity contribution in [1.82, 2.24) is 30.0 Å². The topological polar surface area (TPSA) is 74.5 Å². The molecule has 168 valence electrons. The van der Waals surface area contributed by atoms with Crippen LogP contribution in [0.2, 0.25) is 0 Å². The predicted octanol–water partition coefficient (Wildman–Crippen LogP) is 2.84. The van der Waals surface area contributed by atoms with Crippen molar-refractivity contribution < 1.29 is 0 Å². The molecule has 2 aromatic heterocycles. The zero-order valence-electron chi connectivity index (χ0n) is 18.7. The standard InChI is InChI=1S/C22H34N8S/c1-23-21(29-16-14-28(15-17-29)19-10-5-6-12-24-19)25-13-7-11-20-26-27-22(31-2)30(20)18-8-3-4-9-18/h5-6,10,12,18H,3-4,7-9,11,13-17H2,1-2H3,(H,23,25). The smallest absolute Gasteiger partial charge is 0.193 e. The third-order valence-corrected chi connectivity index (χ3v) is 6.88. The molecule has 1 N–H and O–H groups in total. The van der Waals surface area contributed by atoms with E-state index in [1.807, 2.05) is 25.4 Å². The van der Waals surface area contributed by atoms with E-state index >= 15 is 0 Å². The Labute approximate surface area is 189 Å². The van der Waals surface area contributed by atoms with E-state index in [-0.39, 0.29) is 0 Å². The highest BCUT2D eigenvalue weighted by atomic mass is 32.2. The van der Waals surface area contributed by atoms with Crippen LogP contribution in [0.4, 0.5) is 5.82 Å². The first kappa shape index (κ1) is 21.9. The maximum Gasteiger partial charge on any atom is 0.193 e. The number of thioether (sulfide) groups is 1. The summed E-state index contributed by atoms with van der Waals surface area (Å²) in [4.78, 5) is 13.7. The van der Waals surface area contributed by atoms with Crippen molar-refractivity contribution in [2.24, 2.45) is 4.99 Å². The van der Waals surface area contributed by atoms with Gasteiger partial charge in [-0.15, -0.1) is 10.2 Å². The third kappa shape index (κ3) is 5.31. The first-order valence-corrected chi connectivity index (χ1v) is 12.6. The van der Waals surface area contributed by atoms with E-state index in [2.05, 4.69) is 52.2 Å². The molecule has 0 aromatic carbocycles. The summed E-state index contributed by atoms with van der Waals surface area (Å²) in [6.07, 6.45) is 11.1. The maximum absolute atomic E-state index is 4.51. The lowest BCUT2D eigenvalue weighted by Crippen LogP contribution is -2.52. The Morgan fingerprint density at radius 3 is 2.65 bits per heavy atom. The predicted molar refractivity (Wildman–Crippen MR) is 127 cm³/mol. The summed E-state index contributed by atoms with van der Waals surface area (Å²) in [6, 6.07) is 6.67. The van der Waals surface area contributed by atoms with E-state index in [0.717, 1.165) is 68.3 Å². The largest absolute Gasteiger partial charge is 0.356 e. The molecular weight excluding hydrogens is 408 g/mol. The van der Waals surface area contributed by atoms with Gasteiger partial charge in [-0.1, -0.05) is 30.7 Å². The van der Waals surface area contributed by atoms with Crippen molar-refractivity contribution >= 4 is 23.5 Å². The number of piperazine rings is 1. The van der Waals surface area contributed by atoms with Crippen LogP contribution in [-0.4, -0.2) is 76.6 Å². The van der Waals surface area contributed by atoms with Crippen molar-refractivity contribution in [2.75, 3.05) is 50.9 Å². The second-order valence-corrected chi connectivity index (χ2v) is 8.92. The Kier molecular flexibility index (Phi) is 7.66. The second-order valence-electron chi connectivity index (χ2n) is 8.15. The van der Waals surface area contributed by atoms with E-state index < -0.39 is 0 Å². The van der Waals surface area contributed by atoms with Crippen LogP contribution in [0, 0.1) is 0 Å². The van der Waals surface area contributed by atoms with Gasteiger partial charge in [-0.25, -0.2) is 4.98 Å². The summed E-state index contributed by atoms with van der Waals surface area (Å²) in [7, 11) is 1.87. The number of aryl methyl sites for hydroxylation is 1. The molecule has 2 aliphatic rings. The molecule has 0 atom stereocenters. The maximum atomic E-state index is 4.51. The van der Waals surface area contributed by atoms with Crippen LogP contribution < -0.4 is 10.2 Å². The van der Waals surface area contributed by atoms with Crippen molar-refractivity contribution in [2.45, 2.75) is 49.7 Å². The molecule has 0 spiro atoms. The highest BCUT2D eigenvalue weighted by molar-refractivity contribution is 7.98. The number of aliphatic imine (C=N–C) groups is 1. The molecule has 2 aromatic rings. The Morgan fingerprint density at radius 1 is 1.16 bits per heavy atom. The summed E-state index contributed by atoms with van der Waals surface area (Å²) in [5.41, 5.74) is 0. The van der Waals surface area contributed by atoms with E-state index in [1.165, 1.54) is 25.7 Å². The zero-order chi connectivity index (χ0) is 21.5. The molecule has 0 bridgehead atoms. The van der Waals surface area contributed by atoms with E-state index in [1.54, 1.807) is 11.8 Å². The molecule has 1 aliphatic carbocycles. The minimum atomic E-state index is 0.587.